The lowest BCUT2D eigenvalue weighted by molar-refractivity contribution is -0.123. The van der Waals surface area contributed by atoms with Gasteiger partial charge in [0.1, 0.15) is 11.5 Å². The average molecular weight is 472 g/mol. The van der Waals surface area contributed by atoms with Gasteiger partial charge in [0.25, 0.3) is 5.91 Å². The number of imidazole rings is 1. The third-order valence-corrected chi connectivity index (χ3v) is 7.20. The predicted molar refractivity (Wildman–Crippen MR) is 137 cm³/mol. The smallest absolute Gasteiger partial charge is 0.276 e. The van der Waals surface area contributed by atoms with Crippen LogP contribution >= 0.6 is 0 Å². The van der Waals surface area contributed by atoms with Gasteiger partial charge in [-0.25, -0.2) is 4.98 Å². The molecule has 5 rings (SSSR count). The van der Waals surface area contributed by atoms with Crippen LogP contribution in [0.2, 0.25) is 0 Å². The number of anilines is 1. The van der Waals surface area contributed by atoms with Gasteiger partial charge in [0.15, 0.2) is 0 Å². The lowest BCUT2D eigenvalue weighted by atomic mass is 9.96. The Morgan fingerprint density at radius 3 is 2.54 bits per heavy atom. The number of carbonyl (C=O) groups is 2. The number of fused-ring (bicyclic) bond motifs is 1. The third-order valence-electron chi connectivity index (χ3n) is 7.20. The van der Waals surface area contributed by atoms with Gasteiger partial charge in [0.05, 0.1) is 5.69 Å². The molecule has 0 atom stereocenters. The summed E-state index contributed by atoms with van der Waals surface area (Å²) in [4.78, 5) is 32.0. The zero-order valence-electron chi connectivity index (χ0n) is 20.1. The SMILES string of the molecule is NC(=O)C1CCN(Cc2cccc(NC(=O)c3nc(-c4ccccc4)n4c3CCCCC4)c2)CC1. The minimum atomic E-state index is -0.193. The average Bonchev–Trinajstić information content (AvgIpc) is 3.06. The number of nitrogens with zero attached hydrogens (tertiary/aromatic N) is 3. The van der Waals surface area contributed by atoms with Crippen molar-refractivity contribution in [2.75, 3.05) is 18.4 Å². The fraction of sp³-hybridized carbons (Fsp3) is 0.393. The number of carbonyl (C=O) groups excluding carboxylic acids is 2. The van der Waals surface area contributed by atoms with Gasteiger partial charge < -0.3 is 15.6 Å². The lowest BCUT2D eigenvalue weighted by Gasteiger charge is -2.30. The van der Waals surface area contributed by atoms with Crippen molar-refractivity contribution in [1.82, 2.24) is 14.5 Å². The monoisotopic (exact) mass is 471 g/mol. The fourth-order valence-electron chi connectivity index (χ4n) is 5.28. The predicted octanol–water partition coefficient (Wildman–Crippen LogP) is 4.23. The summed E-state index contributed by atoms with van der Waals surface area (Å²) in [6.07, 6.45) is 5.81. The second kappa shape index (κ2) is 10.4. The van der Waals surface area contributed by atoms with Crippen molar-refractivity contribution in [2.24, 2.45) is 11.7 Å². The van der Waals surface area contributed by atoms with Crippen LogP contribution in [0.5, 0.6) is 0 Å². The largest absolute Gasteiger partial charge is 0.369 e. The molecule has 7 nitrogen and oxygen atoms in total. The van der Waals surface area contributed by atoms with Crippen LogP contribution in [-0.4, -0.2) is 39.4 Å². The normalized spacial score (nSPS) is 16.9. The summed E-state index contributed by atoms with van der Waals surface area (Å²) in [6.45, 7) is 3.38. The van der Waals surface area contributed by atoms with Gasteiger partial charge in [-0.1, -0.05) is 48.9 Å². The Morgan fingerprint density at radius 2 is 1.77 bits per heavy atom. The Kier molecular flexibility index (Phi) is 6.95. The molecule has 3 aromatic rings. The molecule has 2 aliphatic heterocycles. The first-order valence-corrected chi connectivity index (χ1v) is 12.7. The van der Waals surface area contributed by atoms with Gasteiger partial charge in [0, 0.05) is 30.3 Å². The maximum absolute atomic E-state index is 13.4. The Labute approximate surface area is 206 Å². The number of aromatic nitrogens is 2. The van der Waals surface area contributed by atoms with Crippen molar-refractivity contribution in [3.8, 4) is 11.4 Å². The van der Waals surface area contributed by atoms with E-state index in [-0.39, 0.29) is 17.7 Å². The van der Waals surface area contributed by atoms with Gasteiger partial charge in [-0.3, -0.25) is 14.5 Å². The number of primary amides is 1. The molecule has 35 heavy (non-hydrogen) atoms. The first-order valence-electron chi connectivity index (χ1n) is 12.7. The second-order valence-electron chi connectivity index (χ2n) is 9.67. The van der Waals surface area contributed by atoms with Crippen molar-refractivity contribution in [3.63, 3.8) is 0 Å². The molecule has 1 saturated heterocycles. The van der Waals surface area contributed by atoms with E-state index in [1.165, 1.54) is 0 Å². The molecule has 2 aliphatic rings. The zero-order valence-corrected chi connectivity index (χ0v) is 20.1. The summed E-state index contributed by atoms with van der Waals surface area (Å²) in [5.41, 5.74) is 9.97. The minimum absolute atomic E-state index is 0.0114. The highest BCUT2D eigenvalue weighted by atomic mass is 16.2. The Morgan fingerprint density at radius 1 is 0.971 bits per heavy atom. The molecule has 3 N–H and O–H groups in total. The molecule has 2 aromatic carbocycles. The molecule has 7 heteroatoms. The summed E-state index contributed by atoms with van der Waals surface area (Å²) < 4.78 is 2.24. The number of nitrogens with one attached hydrogen (secondary N) is 1. The van der Waals surface area contributed by atoms with Gasteiger partial charge in [-0.15, -0.1) is 0 Å². The van der Waals surface area contributed by atoms with Crippen LogP contribution in [0.1, 0.15) is 53.8 Å². The molecule has 182 valence electrons. The van der Waals surface area contributed by atoms with Gasteiger partial charge in [-0.2, -0.15) is 0 Å². The topological polar surface area (TPSA) is 93.2 Å². The highest BCUT2D eigenvalue weighted by molar-refractivity contribution is 6.04. The molecule has 0 radical (unpaired) electrons. The van der Waals surface area contributed by atoms with Crippen molar-refractivity contribution < 1.29 is 9.59 Å². The lowest BCUT2D eigenvalue weighted by Crippen LogP contribution is -2.38. The van der Waals surface area contributed by atoms with Crippen molar-refractivity contribution in [1.29, 1.82) is 0 Å². The van der Waals surface area contributed by atoms with Crippen LogP contribution in [0.25, 0.3) is 11.4 Å². The standard InChI is InChI=1S/C28H33N5O2/c29-26(34)21-13-16-32(17-14-21)19-20-8-7-11-23(18-20)30-28(35)25-24-12-5-2-6-15-33(24)27(31-25)22-9-3-1-4-10-22/h1,3-4,7-11,18,21H,2,5-6,12-17,19H2,(H2,29,34)(H,30,35). The fourth-order valence-corrected chi connectivity index (χ4v) is 5.28. The summed E-state index contributed by atoms with van der Waals surface area (Å²) >= 11 is 0. The van der Waals surface area contributed by atoms with Gasteiger partial charge in [0.2, 0.25) is 5.91 Å². The van der Waals surface area contributed by atoms with E-state index >= 15 is 0 Å². The van der Waals surface area contributed by atoms with Crippen LogP contribution in [-0.2, 0) is 24.3 Å². The number of hydrogen-bond acceptors (Lipinski definition) is 4. The van der Waals surface area contributed by atoms with Crippen LogP contribution in [0.4, 0.5) is 5.69 Å². The van der Waals surface area contributed by atoms with Gasteiger partial charge in [-0.05, 0) is 62.9 Å². The number of nitrogens with two attached hydrogens (primary N) is 1. The summed E-state index contributed by atoms with van der Waals surface area (Å²) in [7, 11) is 0. The third kappa shape index (κ3) is 5.30. The summed E-state index contributed by atoms with van der Waals surface area (Å²) in [5, 5.41) is 3.10. The molecule has 1 aromatic heterocycles. The van der Waals surface area contributed by atoms with E-state index in [0.29, 0.717) is 5.69 Å². The van der Waals surface area contributed by atoms with Crippen molar-refractivity contribution >= 4 is 17.5 Å². The molecular formula is C28H33N5O2. The number of benzene rings is 2. The van der Waals surface area contributed by atoms with E-state index in [4.69, 9.17) is 10.7 Å². The number of rotatable bonds is 6. The van der Waals surface area contributed by atoms with E-state index in [9.17, 15) is 9.59 Å². The van der Waals surface area contributed by atoms with Crippen LogP contribution < -0.4 is 11.1 Å². The highest BCUT2D eigenvalue weighted by Gasteiger charge is 2.25. The highest BCUT2D eigenvalue weighted by Crippen LogP contribution is 2.28. The molecule has 3 heterocycles. The van der Waals surface area contributed by atoms with E-state index in [1.807, 2.05) is 36.4 Å². The minimum Gasteiger partial charge on any atom is -0.369 e. The molecular weight excluding hydrogens is 438 g/mol. The van der Waals surface area contributed by atoms with Crippen molar-refractivity contribution in [2.45, 2.75) is 51.6 Å². The molecule has 0 unspecified atom stereocenters. The van der Waals surface area contributed by atoms with Crippen LogP contribution in [0, 0.1) is 5.92 Å². The van der Waals surface area contributed by atoms with Crippen LogP contribution in [0.3, 0.4) is 0 Å². The zero-order chi connectivity index (χ0) is 24.2. The van der Waals surface area contributed by atoms with E-state index in [0.717, 1.165) is 93.0 Å². The van der Waals surface area contributed by atoms with Crippen LogP contribution in [0.15, 0.2) is 54.6 Å². The number of hydrogen-bond donors (Lipinski definition) is 2. The Balaban J connectivity index is 1.32. The van der Waals surface area contributed by atoms with E-state index in [1.54, 1.807) is 0 Å². The summed E-state index contributed by atoms with van der Waals surface area (Å²) in [6, 6.07) is 18.1. The van der Waals surface area contributed by atoms with E-state index < -0.39 is 0 Å². The number of likely N-dealkylation sites (tertiary alicyclic amines) is 1. The molecule has 0 saturated carbocycles. The maximum Gasteiger partial charge on any atom is 0.276 e. The first kappa shape index (κ1) is 23.3. The molecule has 0 aliphatic carbocycles. The Bertz CT molecular complexity index is 1200. The number of amides is 2. The first-order chi connectivity index (χ1) is 17.1. The molecule has 0 bridgehead atoms. The van der Waals surface area contributed by atoms with Gasteiger partial charge >= 0.3 is 0 Å². The Hall–Kier alpha value is -3.45. The number of piperidine rings is 1. The van der Waals surface area contributed by atoms with Crippen molar-refractivity contribution in [3.05, 3.63) is 71.5 Å². The van der Waals surface area contributed by atoms with E-state index in [2.05, 4.69) is 33.0 Å². The quantitative estimate of drug-likeness (QED) is 0.563. The second-order valence-corrected chi connectivity index (χ2v) is 9.67. The maximum atomic E-state index is 13.4. The molecule has 1 fully saturated rings. The summed E-state index contributed by atoms with van der Waals surface area (Å²) in [5.74, 6) is 0.516. The molecule has 2 amide bonds. The molecule has 0 spiro atoms.